The van der Waals surface area contributed by atoms with Gasteiger partial charge in [-0.2, -0.15) is 0 Å². The number of aromatic nitrogens is 2. The highest BCUT2D eigenvalue weighted by Crippen LogP contribution is 2.43. The fraction of sp³-hybridized carbons (Fsp3) is 0.238. The number of rotatable bonds is 3. The Hall–Kier alpha value is -3.08. The van der Waals surface area contributed by atoms with Gasteiger partial charge in [0, 0.05) is 23.1 Å². The smallest absolute Gasteiger partial charge is 0.227 e. The SMILES string of the molecule is COc1ccc2c(c1)-c1nc(Nc3ccc(N)cc3)ncc1CC2(C)C. The van der Waals surface area contributed by atoms with Crippen molar-refractivity contribution in [2.24, 2.45) is 0 Å². The van der Waals surface area contributed by atoms with Gasteiger partial charge in [-0.15, -0.1) is 0 Å². The van der Waals surface area contributed by atoms with Crippen LogP contribution in [0.1, 0.15) is 25.0 Å². The molecule has 0 spiro atoms. The number of methoxy groups -OCH3 is 1. The first-order valence-electron chi connectivity index (χ1n) is 8.64. The second-order valence-electron chi connectivity index (χ2n) is 7.29. The molecule has 0 atom stereocenters. The van der Waals surface area contributed by atoms with Crippen molar-refractivity contribution in [1.82, 2.24) is 9.97 Å². The molecule has 1 heterocycles. The van der Waals surface area contributed by atoms with Crippen molar-refractivity contribution >= 4 is 17.3 Å². The van der Waals surface area contributed by atoms with Crippen LogP contribution in [0.2, 0.25) is 0 Å². The first-order valence-corrected chi connectivity index (χ1v) is 8.64. The van der Waals surface area contributed by atoms with Crippen molar-refractivity contribution < 1.29 is 4.74 Å². The van der Waals surface area contributed by atoms with Gasteiger partial charge < -0.3 is 15.8 Å². The van der Waals surface area contributed by atoms with E-state index < -0.39 is 0 Å². The number of hydrogen-bond donors (Lipinski definition) is 2. The third-order valence-corrected chi connectivity index (χ3v) is 4.87. The van der Waals surface area contributed by atoms with Gasteiger partial charge in [0.05, 0.1) is 12.8 Å². The number of benzene rings is 2. The zero-order valence-corrected chi connectivity index (χ0v) is 15.2. The summed E-state index contributed by atoms with van der Waals surface area (Å²) in [5.41, 5.74) is 11.9. The second-order valence-corrected chi connectivity index (χ2v) is 7.29. The Balaban J connectivity index is 1.78. The van der Waals surface area contributed by atoms with E-state index in [0.717, 1.165) is 40.4 Å². The lowest BCUT2D eigenvalue weighted by molar-refractivity contribution is 0.414. The molecule has 0 amide bonds. The van der Waals surface area contributed by atoms with Crippen molar-refractivity contribution in [3.8, 4) is 17.0 Å². The van der Waals surface area contributed by atoms with Gasteiger partial charge in [-0.3, -0.25) is 0 Å². The first-order chi connectivity index (χ1) is 12.5. The predicted molar refractivity (Wildman–Crippen MR) is 105 cm³/mol. The lowest BCUT2D eigenvalue weighted by atomic mass is 9.72. The Labute approximate surface area is 153 Å². The maximum atomic E-state index is 5.75. The van der Waals surface area contributed by atoms with Crippen LogP contribution in [-0.2, 0) is 11.8 Å². The van der Waals surface area contributed by atoms with Crippen molar-refractivity contribution in [2.45, 2.75) is 25.7 Å². The molecular formula is C21H22N4O. The van der Waals surface area contributed by atoms with E-state index >= 15 is 0 Å². The second kappa shape index (κ2) is 6.02. The minimum absolute atomic E-state index is 0.0316. The molecule has 1 aliphatic carbocycles. The summed E-state index contributed by atoms with van der Waals surface area (Å²) in [6, 6.07) is 13.8. The minimum Gasteiger partial charge on any atom is -0.497 e. The van der Waals surface area contributed by atoms with Crippen LogP contribution in [0.5, 0.6) is 5.75 Å². The van der Waals surface area contributed by atoms with Crippen LogP contribution in [0.3, 0.4) is 0 Å². The largest absolute Gasteiger partial charge is 0.497 e. The summed E-state index contributed by atoms with van der Waals surface area (Å²) in [6.07, 6.45) is 2.83. The number of nitrogens with one attached hydrogen (secondary N) is 1. The molecule has 5 heteroatoms. The number of fused-ring (bicyclic) bond motifs is 3. The lowest BCUT2D eigenvalue weighted by Gasteiger charge is -2.33. The Morgan fingerprint density at radius 3 is 2.62 bits per heavy atom. The van der Waals surface area contributed by atoms with Crippen molar-refractivity contribution in [3.63, 3.8) is 0 Å². The summed E-state index contributed by atoms with van der Waals surface area (Å²) in [6.45, 7) is 4.50. The molecule has 5 nitrogen and oxygen atoms in total. The standard InChI is InChI=1S/C21H22N4O/c1-21(2)11-13-12-23-20(24-15-6-4-14(22)5-7-15)25-19(13)17-10-16(26-3)8-9-18(17)21/h4-10,12H,11,22H2,1-3H3,(H,23,24,25). The Kier molecular flexibility index (Phi) is 3.80. The van der Waals surface area contributed by atoms with E-state index in [-0.39, 0.29) is 5.41 Å². The zero-order valence-electron chi connectivity index (χ0n) is 15.2. The van der Waals surface area contributed by atoms with Crippen LogP contribution < -0.4 is 15.8 Å². The summed E-state index contributed by atoms with van der Waals surface area (Å²) >= 11 is 0. The molecule has 0 saturated carbocycles. The summed E-state index contributed by atoms with van der Waals surface area (Å²) in [5.74, 6) is 1.40. The Morgan fingerprint density at radius 1 is 1.12 bits per heavy atom. The Morgan fingerprint density at radius 2 is 1.88 bits per heavy atom. The fourth-order valence-corrected chi connectivity index (χ4v) is 3.53. The van der Waals surface area contributed by atoms with Crippen LogP contribution in [0, 0.1) is 0 Å². The van der Waals surface area contributed by atoms with Gasteiger partial charge in [0.1, 0.15) is 5.75 Å². The Bertz CT molecular complexity index is 964. The summed E-state index contributed by atoms with van der Waals surface area (Å²) < 4.78 is 5.43. The van der Waals surface area contributed by atoms with E-state index in [1.807, 2.05) is 36.5 Å². The number of nitrogens with zero attached hydrogens (tertiary/aromatic N) is 2. The molecule has 132 valence electrons. The number of ether oxygens (including phenoxy) is 1. The fourth-order valence-electron chi connectivity index (χ4n) is 3.53. The highest BCUT2D eigenvalue weighted by Gasteiger charge is 2.32. The van der Waals surface area contributed by atoms with E-state index in [2.05, 4.69) is 36.3 Å². The van der Waals surface area contributed by atoms with Crippen LogP contribution in [0.4, 0.5) is 17.3 Å². The molecule has 2 aromatic carbocycles. The molecular weight excluding hydrogens is 324 g/mol. The van der Waals surface area contributed by atoms with Crippen molar-refractivity contribution in [2.75, 3.05) is 18.2 Å². The van der Waals surface area contributed by atoms with Crippen LogP contribution >= 0.6 is 0 Å². The topological polar surface area (TPSA) is 73.1 Å². The number of nitrogens with two attached hydrogens (primary N) is 1. The molecule has 0 fully saturated rings. The lowest BCUT2D eigenvalue weighted by Crippen LogP contribution is -2.26. The molecule has 0 saturated heterocycles. The predicted octanol–water partition coefficient (Wildman–Crippen LogP) is 4.31. The molecule has 0 unspecified atom stereocenters. The van der Waals surface area contributed by atoms with Crippen LogP contribution in [-0.4, -0.2) is 17.1 Å². The van der Waals surface area contributed by atoms with Gasteiger partial charge in [0.15, 0.2) is 0 Å². The van der Waals surface area contributed by atoms with Gasteiger partial charge >= 0.3 is 0 Å². The molecule has 0 aliphatic heterocycles. The maximum absolute atomic E-state index is 5.75. The van der Waals surface area contributed by atoms with Gasteiger partial charge in [-0.1, -0.05) is 19.9 Å². The quantitative estimate of drug-likeness (QED) is 0.691. The van der Waals surface area contributed by atoms with E-state index in [1.54, 1.807) is 7.11 Å². The number of nitrogen functional groups attached to an aromatic ring is 1. The maximum Gasteiger partial charge on any atom is 0.227 e. The number of anilines is 3. The number of hydrogen-bond acceptors (Lipinski definition) is 5. The molecule has 1 aliphatic rings. The third-order valence-electron chi connectivity index (χ3n) is 4.87. The molecule has 1 aromatic heterocycles. The van der Waals surface area contributed by atoms with E-state index in [1.165, 1.54) is 5.56 Å². The van der Waals surface area contributed by atoms with Gasteiger partial charge in [0.25, 0.3) is 0 Å². The van der Waals surface area contributed by atoms with Gasteiger partial charge in [0.2, 0.25) is 5.95 Å². The molecule has 4 rings (SSSR count). The van der Waals surface area contributed by atoms with E-state index in [4.69, 9.17) is 15.5 Å². The monoisotopic (exact) mass is 346 g/mol. The van der Waals surface area contributed by atoms with Crippen molar-refractivity contribution in [3.05, 3.63) is 59.8 Å². The summed E-state index contributed by atoms with van der Waals surface area (Å²) in [4.78, 5) is 9.31. The average molecular weight is 346 g/mol. The highest BCUT2D eigenvalue weighted by atomic mass is 16.5. The van der Waals surface area contributed by atoms with Gasteiger partial charge in [-0.05, 0) is 59.4 Å². The van der Waals surface area contributed by atoms with Crippen LogP contribution in [0.15, 0.2) is 48.7 Å². The van der Waals surface area contributed by atoms with E-state index in [9.17, 15) is 0 Å². The van der Waals surface area contributed by atoms with Gasteiger partial charge in [-0.25, -0.2) is 9.97 Å². The molecule has 0 radical (unpaired) electrons. The third kappa shape index (κ3) is 2.86. The first kappa shape index (κ1) is 16.4. The molecule has 3 N–H and O–H groups in total. The summed E-state index contributed by atoms with van der Waals surface area (Å²) in [5, 5.41) is 3.25. The molecule has 3 aromatic rings. The average Bonchev–Trinajstić information content (AvgIpc) is 2.63. The molecule has 0 bridgehead atoms. The normalized spacial score (nSPS) is 14.3. The summed E-state index contributed by atoms with van der Waals surface area (Å²) in [7, 11) is 1.69. The highest BCUT2D eigenvalue weighted by molar-refractivity contribution is 5.74. The van der Waals surface area contributed by atoms with Crippen molar-refractivity contribution in [1.29, 1.82) is 0 Å². The zero-order chi connectivity index (χ0) is 18.3. The minimum atomic E-state index is 0.0316. The van der Waals surface area contributed by atoms with E-state index in [0.29, 0.717) is 5.95 Å². The molecule has 26 heavy (non-hydrogen) atoms. The van der Waals surface area contributed by atoms with Crippen LogP contribution in [0.25, 0.3) is 11.3 Å².